The maximum absolute atomic E-state index is 10.6. The number of carbonyl (C=O) groups is 1. The first-order valence-electron chi connectivity index (χ1n) is 6.56. The third kappa shape index (κ3) is 3.09. The summed E-state index contributed by atoms with van der Waals surface area (Å²) < 4.78 is 7.70. The Morgan fingerprint density at radius 3 is 2.95 bits per heavy atom. The lowest BCUT2D eigenvalue weighted by molar-refractivity contribution is -0.133. The second-order valence-corrected chi connectivity index (χ2v) is 5.42. The molecule has 0 spiro atoms. The van der Waals surface area contributed by atoms with Crippen molar-refractivity contribution in [2.45, 2.75) is 50.4 Å². The number of ether oxygens (including phenoxy) is 1. The van der Waals surface area contributed by atoms with Crippen molar-refractivity contribution in [3.8, 4) is 0 Å². The third-order valence-corrected chi connectivity index (χ3v) is 4.28. The molecule has 7 heteroatoms. The number of carboxylic acid groups (broad SMARTS) is 1. The number of aromatic nitrogens is 3. The fourth-order valence-electron chi connectivity index (χ4n) is 2.45. The van der Waals surface area contributed by atoms with Gasteiger partial charge in [-0.15, -0.1) is 10.2 Å². The Balaban J connectivity index is 2.19. The molecule has 2 atom stereocenters. The lowest BCUT2D eigenvalue weighted by atomic mass is 9.99. The summed E-state index contributed by atoms with van der Waals surface area (Å²) in [6.07, 6.45) is 2.12. The first-order chi connectivity index (χ1) is 9.17. The Kier molecular flexibility index (Phi) is 4.81. The molecule has 1 aliphatic heterocycles. The highest BCUT2D eigenvalue weighted by atomic mass is 32.2. The molecule has 19 heavy (non-hydrogen) atoms. The predicted octanol–water partition coefficient (Wildman–Crippen LogP) is 1.76. The SMILES string of the molecule is CCC1OCCC1c1nnc(SCC(=O)O)n1CC. The van der Waals surface area contributed by atoms with E-state index in [2.05, 4.69) is 17.1 Å². The van der Waals surface area contributed by atoms with Gasteiger partial charge in [-0.3, -0.25) is 4.79 Å². The van der Waals surface area contributed by atoms with Crippen molar-refractivity contribution in [1.29, 1.82) is 0 Å². The topological polar surface area (TPSA) is 77.2 Å². The van der Waals surface area contributed by atoms with Gasteiger partial charge in [-0.1, -0.05) is 18.7 Å². The first-order valence-corrected chi connectivity index (χ1v) is 7.55. The van der Waals surface area contributed by atoms with Crippen LogP contribution in [0.15, 0.2) is 5.16 Å². The van der Waals surface area contributed by atoms with Crippen LogP contribution in [0.25, 0.3) is 0 Å². The summed E-state index contributed by atoms with van der Waals surface area (Å²) in [5.41, 5.74) is 0. The normalized spacial score (nSPS) is 22.8. The Labute approximate surface area is 116 Å². The molecule has 0 amide bonds. The van der Waals surface area contributed by atoms with Gasteiger partial charge in [0.15, 0.2) is 5.16 Å². The van der Waals surface area contributed by atoms with Gasteiger partial charge in [-0.25, -0.2) is 0 Å². The lowest BCUT2D eigenvalue weighted by Crippen LogP contribution is -2.17. The van der Waals surface area contributed by atoms with E-state index < -0.39 is 5.97 Å². The molecule has 6 nitrogen and oxygen atoms in total. The number of rotatable bonds is 6. The number of carboxylic acids is 1. The largest absolute Gasteiger partial charge is 0.481 e. The molecule has 2 unspecified atom stereocenters. The Bertz CT molecular complexity index is 449. The summed E-state index contributed by atoms with van der Waals surface area (Å²) in [6, 6.07) is 0. The van der Waals surface area contributed by atoms with Crippen LogP contribution in [0, 0.1) is 0 Å². The molecule has 0 aromatic carbocycles. The van der Waals surface area contributed by atoms with Crippen molar-refractivity contribution < 1.29 is 14.6 Å². The van der Waals surface area contributed by atoms with Crippen molar-refractivity contribution in [2.75, 3.05) is 12.4 Å². The average Bonchev–Trinajstić information content (AvgIpc) is 3.01. The summed E-state index contributed by atoms with van der Waals surface area (Å²) in [4.78, 5) is 10.6. The van der Waals surface area contributed by atoms with Crippen molar-refractivity contribution >= 4 is 17.7 Å². The van der Waals surface area contributed by atoms with Gasteiger partial charge in [-0.05, 0) is 19.8 Å². The van der Waals surface area contributed by atoms with Crippen molar-refractivity contribution in [1.82, 2.24) is 14.8 Å². The van der Waals surface area contributed by atoms with Crippen LogP contribution in [0.4, 0.5) is 0 Å². The molecule has 1 aromatic heterocycles. The molecule has 1 N–H and O–H groups in total. The fraction of sp³-hybridized carbons (Fsp3) is 0.750. The van der Waals surface area contributed by atoms with E-state index >= 15 is 0 Å². The Hall–Kier alpha value is -1.08. The molecule has 0 aliphatic carbocycles. The molecule has 0 radical (unpaired) electrons. The molecule has 1 saturated heterocycles. The van der Waals surface area contributed by atoms with Crippen LogP contribution >= 0.6 is 11.8 Å². The van der Waals surface area contributed by atoms with Gasteiger partial charge in [0.25, 0.3) is 0 Å². The molecule has 2 heterocycles. The minimum absolute atomic E-state index is 0.0104. The van der Waals surface area contributed by atoms with Crippen molar-refractivity contribution in [3.05, 3.63) is 5.82 Å². The van der Waals surface area contributed by atoms with Crippen LogP contribution in [0.3, 0.4) is 0 Å². The first kappa shape index (κ1) is 14.3. The maximum atomic E-state index is 10.6. The van der Waals surface area contributed by atoms with Crippen LogP contribution < -0.4 is 0 Å². The third-order valence-electron chi connectivity index (χ3n) is 3.33. The maximum Gasteiger partial charge on any atom is 0.313 e. The van der Waals surface area contributed by atoms with E-state index in [4.69, 9.17) is 9.84 Å². The number of aliphatic carboxylic acids is 1. The van der Waals surface area contributed by atoms with Gasteiger partial charge in [-0.2, -0.15) is 0 Å². The highest BCUT2D eigenvalue weighted by molar-refractivity contribution is 7.99. The van der Waals surface area contributed by atoms with Gasteiger partial charge in [0.2, 0.25) is 0 Å². The van der Waals surface area contributed by atoms with E-state index in [1.165, 1.54) is 11.8 Å². The molecule has 106 valence electrons. The van der Waals surface area contributed by atoms with Crippen LogP contribution in [-0.4, -0.2) is 44.3 Å². The quantitative estimate of drug-likeness (QED) is 0.802. The van der Waals surface area contributed by atoms with Gasteiger partial charge >= 0.3 is 5.97 Å². The van der Waals surface area contributed by atoms with Gasteiger partial charge < -0.3 is 14.4 Å². The van der Waals surface area contributed by atoms with Crippen LogP contribution in [0.2, 0.25) is 0 Å². The van der Waals surface area contributed by atoms with Gasteiger partial charge in [0.1, 0.15) is 5.82 Å². The second-order valence-electron chi connectivity index (χ2n) is 4.48. The molecular weight excluding hydrogens is 266 g/mol. The highest BCUT2D eigenvalue weighted by Gasteiger charge is 2.32. The van der Waals surface area contributed by atoms with E-state index in [0.717, 1.165) is 31.8 Å². The lowest BCUT2D eigenvalue weighted by Gasteiger charge is -2.17. The molecule has 1 aliphatic rings. The smallest absolute Gasteiger partial charge is 0.313 e. The van der Waals surface area contributed by atoms with E-state index in [-0.39, 0.29) is 17.8 Å². The zero-order valence-electron chi connectivity index (χ0n) is 11.2. The van der Waals surface area contributed by atoms with Gasteiger partial charge in [0, 0.05) is 19.1 Å². The molecule has 1 aromatic rings. The molecular formula is C12H19N3O3S. The van der Waals surface area contributed by atoms with E-state index in [1.807, 2.05) is 11.5 Å². The summed E-state index contributed by atoms with van der Waals surface area (Å²) in [6.45, 7) is 5.64. The zero-order valence-corrected chi connectivity index (χ0v) is 12.0. The van der Waals surface area contributed by atoms with Gasteiger partial charge in [0.05, 0.1) is 11.9 Å². The van der Waals surface area contributed by atoms with Crippen molar-refractivity contribution in [3.63, 3.8) is 0 Å². The molecule has 2 rings (SSSR count). The Morgan fingerprint density at radius 1 is 1.53 bits per heavy atom. The number of hydrogen-bond acceptors (Lipinski definition) is 5. The molecule has 0 saturated carbocycles. The highest BCUT2D eigenvalue weighted by Crippen LogP contribution is 2.33. The van der Waals surface area contributed by atoms with Crippen molar-refractivity contribution in [2.24, 2.45) is 0 Å². The van der Waals surface area contributed by atoms with E-state index in [1.54, 1.807) is 0 Å². The predicted molar refractivity (Wildman–Crippen MR) is 71.4 cm³/mol. The summed E-state index contributed by atoms with van der Waals surface area (Å²) >= 11 is 1.22. The fourth-order valence-corrected chi connectivity index (χ4v) is 3.18. The number of nitrogens with zero attached hydrogens (tertiary/aromatic N) is 3. The molecule has 0 bridgehead atoms. The van der Waals surface area contributed by atoms with E-state index in [9.17, 15) is 4.79 Å². The zero-order chi connectivity index (χ0) is 13.8. The standard InChI is InChI=1S/C12H19N3O3S/c1-3-9-8(5-6-18-9)11-13-14-12(15(11)4-2)19-7-10(16)17/h8-9H,3-7H2,1-2H3,(H,16,17). The number of thioether (sulfide) groups is 1. The van der Waals surface area contributed by atoms with Crippen LogP contribution in [-0.2, 0) is 16.1 Å². The van der Waals surface area contributed by atoms with Crippen LogP contribution in [0.5, 0.6) is 0 Å². The Morgan fingerprint density at radius 2 is 2.32 bits per heavy atom. The summed E-state index contributed by atoms with van der Waals surface area (Å²) in [5.74, 6) is 0.375. The minimum Gasteiger partial charge on any atom is -0.481 e. The van der Waals surface area contributed by atoms with Crippen LogP contribution in [0.1, 0.15) is 38.4 Å². The summed E-state index contributed by atoms with van der Waals surface area (Å²) in [7, 11) is 0. The molecule has 1 fully saturated rings. The monoisotopic (exact) mass is 285 g/mol. The second kappa shape index (κ2) is 6.38. The van der Waals surface area contributed by atoms with E-state index in [0.29, 0.717) is 5.16 Å². The summed E-state index contributed by atoms with van der Waals surface area (Å²) in [5, 5.41) is 17.8. The number of hydrogen-bond donors (Lipinski definition) is 1. The minimum atomic E-state index is -0.840. The average molecular weight is 285 g/mol.